The van der Waals surface area contributed by atoms with Crippen molar-refractivity contribution in [2.24, 2.45) is 0 Å². The lowest BCUT2D eigenvalue weighted by molar-refractivity contribution is -0.146. The number of rotatable bonds is 5. The molecule has 4 N–H and O–H groups in total. The van der Waals surface area contributed by atoms with Crippen LogP contribution < -0.4 is 5.32 Å². The van der Waals surface area contributed by atoms with Crippen LogP contribution in [0, 0.1) is 0 Å². The van der Waals surface area contributed by atoms with E-state index in [0.717, 1.165) is 0 Å². The molecule has 1 rings (SSSR count). The second kappa shape index (κ2) is 6.69. The predicted molar refractivity (Wildman–Crippen MR) is 66.7 cm³/mol. The summed E-state index contributed by atoms with van der Waals surface area (Å²) in [5.74, 6) is -1.38. The van der Waals surface area contributed by atoms with Gasteiger partial charge < -0.3 is 30.4 Å². The maximum atomic E-state index is 11.9. The monoisotopic (exact) mass is 275 g/mol. The fraction of sp³-hybridized carbons (Fsp3) is 0.818. The van der Waals surface area contributed by atoms with Crippen molar-refractivity contribution >= 4 is 12.0 Å². The number of carboxylic acid groups (broad SMARTS) is 1. The molecule has 19 heavy (non-hydrogen) atoms. The van der Waals surface area contributed by atoms with Crippen LogP contribution in [0.25, 0.3) is 0 Å². The molecule has 1 fully saturated rings. The van der Waals surface area contributed by atoms with Crippen molar-refractivity contribution in [3.63, 3.8) is 0 Å². The van der Waals surface area contributed by atoms with Gasteiger partial charge in [0.25, 0.3) is 0 Å². The van der Waals surface area contributed by atoms with E-state index in [0.29, 0.717) is 13.0 Å². The van der Waals surface area contributed by atoms with Crippen LogP contribution in [-0.2, 0) is 4.79 Å². The van der Waals surface area contributed by atoms with Gasteiger partial charge in [0.15, 0.2) is 6.10 Å². The molecule has 2 amide bonds. The van der Waals surface area contributed by atoms with Crippen molar-refractivity contribution in [3.05, 3.63) is 0 Å². The fourth-order valence-electron chi connectivity index (χ4n) is 2.11. The van der Waals surface area contributed by atoms with Crippen LogP contribution in [-0.4, -0.2) is 89.1 Å². The van der Waals surface area contributed by atoms with Gasteiger partial charge in [-0.05, 0) is 20.5 Å². The summed E-state index contributed by atoms with van der Waals surface area (Å²) in [6, 6.07) is -0.587. The Morgan fingerprint density at radius 2 is 2.11 bits per heavy atom. The molecule has 3 atom stereocenters. The summed E-state index contributed by atoms with van der Waals surface area (Å²) < 4.78 is 0. The smallest absolute Gasteiger partial charge is 0.334 e. The molecule has 1 heterocycles. The number of β-amino-alcohol motifs (C(OH)–C–C–N with tert-alkyl or cyclic N) is 1. The van der Waals surface area contributed by atoms with E-state index in [9.17, 15) is 14.7 Å². The highest BCUT2D eigenvalue weighted by atomic mass is 16.4. The van der Waals surface area contributed by atoms with E-state index in [2.05, 4.69) is 5.32 Å². The Bertz CT molecular complexity index is 336. The van der Waals surface area contributed by atoms with Crippen molar-refractivity contribution < 1.29 is 24.9 Å². The maximum absolute atomic E-state index is 11.9. The van der Waals surface area contributed by atoms with Gasteiger partial charge in [-0.25, -0.2) is 9.59 Å². The Hall–Kier alpha value is -1.38. The number of carbonyl (C=O) groups excluding carboxylic acids is 1. The Morgan fingerprint density at radius 3 is 2.63 bits per heavy atom. The standard InChI is InChI=1S/C11H21N3O5/c1-13(2)5-7-3-8(15)6-14(7)11(19)12-4-9(16)10(17)18/h7-9,15-16H,3-6H2,1-2H3,(H,12,19)(H,17,18). The van der Waals surface area contributed by atoms with Crippen molar-refractivity contribution in [2.75, 3.05) is 33.7 Å². The number of carboxylic acids is 1. The summed E-state index contributed by atoms with van der Waals surface area (Å²) in [5, 5.41) is 29.6. The van der Waals surface area contributed by atoms with E-state index in [-0.39, 0.29) is 19.1 Å². The molecule has 1 aliphatic heterocycles. The number of nitrogens with zero attached hydrogens (tertiary/aromatic N) is 2. The minimum Gasteiger partial charge on any atom is -0.479 e. The lowest BCUT2D eigenvalue weighted by Gasteiger charge is -2.27. The zero-order valence-corrected chi connectivity index (χ0v) is 11.1. The Labute approximate surface area is 111 Å². The van der Waals surface area contributed by atoms with E-state index in [4.69, 9.17) is 10.2 Å². The summed E-state index contributed by atoms with van der Waals surface area (Å²) in [6.07, 6.45) is -1.70. The van der Waals surface area contributed by atoms with Gasteiger partial charge in [0.05, 0.1) is 12.6 Å². The molecule has 0 aliphatic carbocycles. The number of aliphatic hydroxyl groups excluding tert-OH is 2. The lowest BCUT2D eigenvalue weighted by atomic mass is 10.2. The fourth-order valence-corrected chi connectivity index (χ4v) is 2.11. The van der Waals surface area contributed by atoms with Gasteiger partial charge in [-0.3, -0.25) is 0 Å². The molecule has 8 nitrogen and oxygen atoms in total. The Kier molecular flexibility index (Phi) is 5.52. The zero-order chi connectivity index (χ0) is 14.6. The van der Waals surface area contributed by atoms with Crippen LogP contribution in [0.4, 0.5) is 4.79 Å². The first kappa shape index (κ1) is 15.7. The molecule has 0 saturated carbocycles. The number of amides is 2. The largest absolute Gasteiger partial charge is 0.479 e. The summed E-state index contributed by atoms with van der Waals surface area (Å²) in [4.78, 5) is 25.7. The van der Waals surface area contributed by atoms with Crippen molar-refractivity contribution in [1.29, 1.82) is 0 Å². The van der Waals surface area contributed by atoms with E-state index < -0.39 is 24.2 Å². The van der Waals surface area contributed by atoms with Gasteiger partial charge in [-0.1, -0.05) is 0 Å². The minimum absolute atomic E-state index is 0.119. The number of aliphatic hydroxyl groups is 2. The molecule has 0 bridgehead atoms. The zero-order valence-electron chi connectivity index (χ0n) is 11.1. The predicted octanol–water partition coefficient (Wildman–Crippen LogP) is -1.86. The quantitative estimate of drug-likeness (QED) is 0.468. The molecule has 0 aromatic heterocycles. The highest BCUT2D eigenvalue weighted by molar-refractivity contribution is 5.77. The number of hydrogen-bond donors (Lipinski definition) is 4. The average molecular weight is 275 g/mol. The average Bonchev–Trinajstić information content (AvgIpc) is 2.65. The molecule has 0 spiro atoms. The number of aliphatic carboxylic acids is 1. The molecule has 0 aromatic carbocycles. The molecule has 0 radical (unpaired) electrons. The SMILES string of the molecule is CN(C)CC1CC(O)CN1C(=O)NCC(O)C(=O)O. The number of hydrogen-bond acceptors (Lipinski definition) is 5. The first-order valence-corrected chi connectivity index (χ1v) is 6.09. The summed E-state index contributed by atoms with van der Waals surface area (Å²) >= 11 is 0. The van der Waals surface area contributed by atoms with Gasteiger partial charge in [-0.2, -0.15) is 0 Å². The van der Waals surface area contributed by atoms with Gasteiger partial charge in [-0.15, -0.1) is 0 Å². The maximum Gasteiger partial charge on any atom is 0.334 e. The Balaban J connectivity index is 2.51. The third-order valence-electron chi connectivity index (χ3n) is 2.96. The first-order valence-electron chi connectivity index (χ1n) is 6.09. The van der Waals surface area contributed by atoms with Crippen LogP contribution in [0.1, 0.15) is 6.42 Å². The molecule has 3 unspecified atom stereocenters. The van der Waals surface area contributed by atoms with E-state index in [1.54, 1.807) is 0 Å². The van der Waals surface area contributed by atoms with Crippen LogP contribution >= 0.6 is 0 Å². The van der Waals surface area contributed by atoms with Gasteiger partial charge >= 0.3 is 12.0 Å². The molecule has 110 valence electrons. The van der Waals surface area contributed by atoms with Crippen molar-refractivity contribution in [2.45, 2.75) is 24.7 Å². The number of urea groups is 1. The highest BCUT2D eigenvalue weighted by Gasteiger charge is 2.34. The minimum atomic E-state index is -1.62. The van der Waals surface area contributed by atoms with Crippen molar-refractivity contribution in [1.82, 2.24) is 15.1 Å². The summed E-state index contributed by atoms with van der Waals surface area (Å²) in [5.41, 5.74) is 0. The number of nitrogens with one attached hydrogen (secondary N) is 1. The lowest BCUT2D eigenvalue weighted by Crippen LogP contribution is -2.48. The normalized spacial score (nSPS) is 24.6. The molecule has 0 aromatic rings. The van der Waals surface area contributed by atoms with Crippen LogP contribution in [0.3, 0.4) is 0 Å². The molecular weight excluding hydrogens is 254 g/mol. The molecule has 1 aliphatic rings. The second-order valence-electron chi connectivity index (χ2n) is 5.00. The van der Waals surface area contributed by atoms with Gasteiger partial charge in [0, 0.05) is 19.1 Å². The number of likely N-dealkylation sites (tertiary alicyclic amines) is 1. The summed E-state index contributed by atoms with van der Waals surface area (Å²) in [6.45, 7) is 0.481. The third-order valence-corrected chi connectivity index (χ3v) is 2.96. The van der Waals surface area contributed by atoms with Crippen LogP contribution in [0.2, 0.25) is 0 Å². The Morgan fingerprint density at radius 1 is 1.47 bits per heavy atom. The third kappa shape index (κ3) is 4.66. The van der Waals surface area contributed by atoms with Gasteiger partial charge in [0.2, 0.25) is 0 Å². The number of carbonyl (C=O) groups is 2. The van der Waals surface area contributed by atoms with Crippen LogP contribution in [0.5, 0.6) is 0 Å². The molecule has 8 heteroatoms. The summed E-state index contributed by atoms with van der Waals surface area (Å²) in [7, 11) is 3.74. The molecular formula is C11H21N3O5. The van der Waals surface area contributed by atoms with Gasteiger partial charge in [0.1, 0.15) is 0 Å². The molecule has 1 saturated heterocycles. The van der Waals surface area contributed by atoms with E-state index in [1.807, 2.05) is 19.0 Å². The van der Waals surface area contributed by atoms with E-state index in [1.165, 1.54) is 4.90 Å². The first-order chi connectivity index (χ1) is 8.81. The van der Waals surface area contributed by atoms with Crippen LogP contribution in [0.15, 0.2) is 0 Å². The topological polar surface area (TPSA) is 113 Å². The number of likely N-dealkylation sites (N-methyl/N-ethyl adjacent to an activating group) is 1. The van der Waals surface area contributed by atoms with Crippen molar-refractivity contribution in [3.8, 4) is 0 Å². The van der Waals surface area contributed by atoms with E-state index >= 15 is 0 Å². The highest BCUT2D eigenvalue weighted by Crippen LogP contribution is 2.18. The second-order valence-corrected chi connectivity index (χ2v) is 5.00.